The van der Waals surface area contributed by atoms with Crippen molar-refractivity contribution < 1.29 is 26.7 Å². The molecule has 0 radical (unpaired) electrons. The van der Waals surface area contributed by atoms with E-state index < -0.39 is 43.4 Å². The van der Waals surface area contributed by atoms with Crippen LogP contribution in [0.4, 0.5) is 14.5 Å². The maximum Gasteiger partial charge on any atom is 0.274 e. The third-order valence-corrected chi connectivity index (χ3v) is 8.96. The predicted molar refractivity (Wildman–Crippen MR) is 132 cm³/mol. The average molecular weight is 515 g/mol. The number of amides is 1. The fraction of sp³-hybridized carbons (Fsp3) is 0.240. The number of carbonyl (C=O) groups excluding carboxylic acids is 1. The number of benzene rings is 2. The van der Waals surface area contributed by atoms with Gasteiger partial charge in [-0.05, 0) is 61.9 Å². The van der Waals surface area contributed by atoms with Crippen molar-refractivity contribution in [3.8, 4) is 5.75 Å². The first-order valence-electron chi connectivity index (χ1n) is 10.9. The number of nitrogens with two attached hydrogens (primary N) is 1. The number of nitrogens with one attached hydrogen (secondary N) is 1. The van der Waals surface area contributed by atoms with E-state index in [1.807, 2.05) is 0 Å². The number of anilines is 1. The van der Waals surface area contributed by atoms with E-state index in [4.69, 9.17) is 10.5 Å². The summed E-state index contributed by atoms with van der Waals surface area (Å²) in [5.41, 5.74) is 4.95. The first kappa shape index (κ1) is 25.2. The number of carbonyl (C=O) groups is 1. The third-order valence-electron chi connectivity index (χ3n) is 6.33. The van der Waals surface area contributed by atoms with Crippen molar-refractivity contribution in [1.82, 2.24) is 4.98 Å². The molecule has 0 saturated heterocycles. The van der Waals surface area contributed by atoms with Crippen LogP contribution in [0.15, 0.2) is 65.8 Å². The Labute approximate surface area is 207 Å². The lowest BCUT2D eigenvalue weighted by atomic mass is 9.91. The molecule has 0 bridgehead atoms. The molecule has 2 aromatic carbocycles. The SMILES string of the molecule is COc1ccc(C(=O)Nc2ccc(F)c([C@]3(C)CS(=O)(=O)[C@@](C)(c4cccc(F)c4)C(N)=N3)c2)nc1. The molecule has 1 aliphatic heterocycles. The van der Waals surface area contributed by atoms with Crippen LogP contribution >= 0.6 is 0 Å². The van der Waals surface area contributed by atoms with E-state index in [9.17, 15) is 22.0 Å². The molecule has 3 N–H and O–H groups in total. The van der Waals surface area contributed by atoms with Gasteiger partial charge in [-0.2, -0.15) is 0 Å². The summed E-state index contributed by atoms with van der Waals surface area (Å²) in [6.07, 6.45) is 1.38. The Balaban J connectivity index is 1.71. The lowest BCUT2D eigenvalue weighted by molar-refractivity contribution is 0.102. The van der Waals surface area contributed by atoms with Crippen LogP contribution < -0.4 is 15.8 Å². The summed E-state index contributed by atoms with van der Waals surface area (Å²) in [5, 5.41) is 2.62. The van der Waals surface area contributed by atoms with E-state index in [0.717, 1.165) is 12.1 Å². The van der Waals surface area contributed by atoms with E-state index >= 15 is 0 Å². The zero-order valence-corrected chi connectivity index (χ0v) is 20.6. The van der Waals surface area contributed by atoms with E-state index in [1.165, 1.54) is 63.6 Å². The van der Waals surface area contributed by atoms with E-state index in [0.29, 0.717) is 5.75 Å². The quantitative estimate of drug-likeness (QED) is 0.537. The van der Waals surface area contributed by atoms with Crippen molar-refractivity contribution in [3.05, 3.63) is 89.2 Å². The maximum absolute atomic E-state index is 15.0. The highest BCUT2D eigenvalue weighted by Crippen LogP contribution is 2.43. The number of halogens is 2. The Morgan fingerprint density at radius 1 is 1.11 bits per heavy atom. The molecule has 0 spiro atoms. The first-order valence-corrected chi connectivity index (χ1v) is 12.5. The van der Waals surface area contributed by atoms with Crippen LogP contribution in [0.25, 0.3) is 0 Å². The molecular weight excluding hydrogens is 490 g/mol. The van der Waals surface area contributed by atoms with Crippen molar-refractivity contribution in [2.24, 2.45) is 10.7 Å². The number of hydrogen-bond donors (Lipinski definition) is 2. The Morgan fingerprint density at radius 2 is 1.86 bits per heavy atom. The highest BCUT2D eigenvalue weighted by atomic mass is 32.2. The molecule has 2 heterocycles. The van der Waals surface area contributed by atoms with Gasteiger partial charge in [0.15, 0.2) is 14.6 Å². The van der Waals surface area contributed by atoms with Crippen LogP contribution in [0, 0.1) is 11.6 Å². The molecule has 0 aliphatic carbocycles. The molecule has 1 aromatic heterocycles. The lowest BCUT2D eigenvalue weighted by Gasteiger charge is -2.40. The summed E-state index contributed by atoms with van der Waals surface area (Å²) in [6.45, 7) is 2.79. The molecule has 3 aromatic rings. The molecule has 1 amide bonds. The molecule has 188 valence electrons. The minimum absolute atomic E-state index is 0.0733. The summed E-state index contributed by atoms with van der Waals surface area (Å²) < 4.78 is 59.2. The number of aromatic nitrogens is 1. The number of aliphatic imine (C=N–C) groups is 1. The highest BCUT2D eigenvalue weighted by molar-refractivity contribution is 7.93. The topological polar surface area (TPSA) is 124 Å². The Morgan fingerprint density at radius 3 is 2.47 bits per heavy atom. The molecule has 11 heteroatoms. The summed E-state index contributed by atoms with van der Waals surface area (Å²) in [4.78, 5) is 21.0. The van der Waals surface area contributed by atoms with Gasteiger partial charge in [-0.25, -0.2) is 22.2 Å². The Bertz CT molecular complexity index is 1480. The van der Waals surface area contributed by atoms with Crippen LogP contribution in [-0.4, -0.2) is 38.0 Å². The number of methoxy groups -OCH3 is 1. The summed E-state index contributed by atoms with van der Waals surface area (Å²) >= 11 is 0. The number of nitrogens with zero attached hydrogens (tertiary/aromatic N) is 2. The minimum atomic E-state index is -4.10. The van der Waals surface area contributed by atoms with E-state index in [-0.39, 0.29) is 28.3 Å². The van der Waals surface area contributed by atoms with E-state index in [2.05, 4.69) is 15.3 Å². The van der Waals surface area contributed by atoms with Crippen molar-refractivity contribution >= 4 is 27.3 Å². The molecular formula is C25H24F2N4O4S. The van der Waals surface area contributed by atoms with E-state index in [1.54, 1.807) is 6.07 Å². The van der Waals surface area contributed by atoms with Gasteiger partial charge in [0.25, 0.3) is 5.91 Å². The molecule has 4 rings (SSSR count). The van der Waals surface area contributed by atoms with Gasteiger partial charge < -0.3 is 15.8 Å². The van der Waals surface area contributed by atoms with Gasteiger partial charge in [0.2, 0.25) is 0 Å². The summed E-state index contributed by atoms with van der Waals surface area (Å²) in [6, 6.07) is 11.9. The maximum atomic E-state index is 15.0. The molecule has 8 nitrogen and oxygen atoms in total. The fourth-order valence-corrected chi connectivity index (χ4v) is 6.27. The smallest absolute Gasteiger partial charge is 0.274 e. The largest absolute Gasteiger partial charge is 0.495 e. The zero-order valence-electron chi connectivity index (χ0n) is 19.7. The molecule has 0 unspecified atom stereocenters. The van der Waals surface area contributed by atoms with Crippen molar-refractivity contribution in [2.75, 3.05) is 18.2 Å². The Kier molecular flexibility index (Phi) is 6.29. The summed E-state index contributed by atoms with van der Waals surface area (Å²) in [5.74, 6) is -2.31. The number of amidine groups is 1. The van der Waals surface area contributed by atoms with Gasteiger partial charge in [0, 0.05) is 11.3 Å². The lowest BCUT2D eigenvalue weighted by Crippen LogP contribution is -2.54. The second kappa shape index (κ2) is 8.98. The standard InChI is InChI=1S/C25H24F2N4O4S/c1-24(14-36(33,34)25(2,23(28)31-24)15-5-4-6-16(26)11-15)19-12-17(7-9-20(19)27)30-22(32)21-10-8-18(35-3)13-29-21/h4-13H,14H2,1-3H3,(H2,28,31)(H,30,32)/t24-,25-/m0/s1. The third kappa shape index (κ3) is 4.30. The minimum Gasteiger partial charge on any atom is -0.495 e. The second-order valence-electron chi connectivity index (χ2n) is 8.81. The zero-order chi connectivity index (χ0) is 26.3. The monoisotopic (exact) mass is 514 g/mol. The van der Waals surface area contributed by atoms with Crippen LogP contribution in [0.3, 0.4) is 0 Å². The molecule has 36 heavy (non-hydrogen) atoms. The molecule has 0 saturated carbocycles. The predicted octanol–water partition coefficient (Wildman–Crippen LogP) is 3.54. The average Bonchev–Trinajstić information content (AvgIpc) is 2.83. The number of rotatable bonds is 5. The number of ether oxygens (including phenoxy) is 1. The molecule has 2 atom stereocenters. The van der Waals surface area contributed by atoms with Gasteiger partial charge in [0.05, 0.1) is 19.1 Å². The van der Waals surface area contributed by atoms with Crippen molar-refractivity contribution in [3.63, 3.8) is 0 Å². The van der Waals surface area contributed by atoms with Crippen LogP contribution in [0.1, 0.15) is 35.5 Å². The fourth-order valence-electron chi connectivity index (χ4n) is 4.18. The number of sulfone groups is 1. The van der Waals surface area contributed by atoms with Gasteiger partial charge in [-0.1, -0.05) is 12.1 Å². The number of hydrogen-bond acceptors (Lipinski definition) is 7. The van der Waals surface area contributed by atoms with Crippen molar-refractivity contribution in [2.45, 2.75) is 24.1 Å². The van der Waals surface area contributed by atoms with Crippen LogP contribution in [0.2, 0.25) is 0 Å². The normalized spacial score (nSPS) is 23.0. The molecule has 0 fully saturated rings. The first-order chi connectivity index (χ1) is 16.9. The summed E-state index contributed by atoms with van der Waals surface area (Å²) in [7, 11) is -2.63. The van der Waals surface area contributed by atoms with Crippen molar-refractivity contribution in [1.29, 1.82) is 0 Å². The number of pyridine rings is 1. The second-order valence-corrected chi connectivity index (χ2v) is 11.1. The van der Waals surface area contributed by atoms with Crippen LogP contribution in [0.5, 0.6) is 5.75 Å². The van der Waals surface area contributed by atoms with Gasteiger partial charge >= 0.3 is 0 Å². The molecule has 1 aliphatic rings. The van der Waals surface area contributed by atoms with Gasteiger partial charge in [0.1, 0.15) is 34.5 Å². The van der Waals surface area contributed by atoms with Gasteiger partial charge in [-0.15, -0.1) is 0 Å². The van der Waals surface area contributed by atoms with Crippen LogP contribution in [-0.2, 0) is 20.1 Å². The highest BCUT2D eigenvalue weighted by Gasteiger charge is 2.53. The van der Waals surface area contributed by atoms with Gasteiger partial charge in [-0.3, -0.25) is 9.79 Å². The Hall–Kier alpha value is -3.86.